The van der Waals surface area contributed by atoms with Gasteiger partial charge >= 0.3 is 0 Å². The summed E-state index contributed by atoms with van der Waals surface area (Å²) in [7, 11) is 0. The first-order chi connectivity index (χ1) is 13.8. The number of carbonyl (C=O) groups excluding carboxylic acids is 1. The van der Waals surface area contributed by atoms with Gasteiger partial charge in [0.2, 0.25) is 0 Å². The van der Waals surface area contributed by atoms with Crippen LogP contribution in [0.3, 0.4) is 0 Å². The van der Waals surface area contributed by atoms with Crippen LogP contribution < -0.4 is 4.90 Å². The molecule has 3 rings (SSSR count). The second kappa shape index (κ2) is 9.34. The fourth-order valence-corrected chi connectivity index (χ4v) is 4.51. The maximum atomic E-state index is 14.1. The molecule has 3 aromatic rings. The number of hydrogen-bond donors (Lipinski definition) is 0. The van der Waals surface area contributed by atoms with Crippen molar-refractivity contribution in [2.45, 2.75) is 13.8 Å². The Kier molecular flexibility index (Phi) is 7.05. The minimum Gasteiger partial charge on any atom is -0.302 e. The number of aromatic nitrogens is 1. The number of amides is 1. The molecule has 0 radical (unpaired) electrons. The third-order valence-electron chi connectivity index (χ3n) is 4.52. The Bertz CT molecular complexity index is 1020. The van der Waals surface area contributed by atoms with Crippen molar-refractivity contribution in [3.05, 3.63) is 57.6 Å². The van der Waals surface area contributed by atoms with Crippen LogP contribution in [0.25, 0.3) is 10.2 Å². The lowest BCUT2D eigenvalue weighted by atomic mass is 10.2. The summed E-state index contributed by atoms with van der Waals surface area (Å²) in [5.41, 5.74) is 0.337. The van der Waals surface area contributed by atoms with Gasteiger partial charge in [0.05, 0.1) is 4.70 Å². The van der Waals surface area contributed by atoms with E-state index in [2.05, 4.69) is 9.88 Å². The molecule has 0 N–H and O–H groups in total. The summed E-state index contributed by atoms with van der Waals surface area (Å²) in [6.07, 6.45) is 0. The van der Waals surface area contributed by atoms with Gasteiger partial charge in [-0.3, -0.25) is 9.69 Å². The molecule has 0 aliphatic heterocycles. The second-order valence-electron chi connectivity index (χ2n) is 6.37. The summed E-state index contributed by atoms with van der Waals surface area (Å²) in [5, 5.41) is 0.960. The van der Waals surface area contributed by atoms with Crippen molar-refractivity contribution in [3.8, 4) is 0 Å². The molecule has 4 nitrogen and oxygen atoms in total. The first-order valence-corrected chi connectivity index (χ1v) is 10.7. The van der Waals surface area contributed by atoms with E-state index in [9.17, 15) is 13.6 Å². The largest absolute Gasteiger partial charge is 0.302 e. The lowest BCUT2D eigenvalue weighted by Gasteiger charge is -2.24. The highest BCUT2D eigenvalue weighted by Gasteiger charge is 2.23. The first kappa shape index (κ1) is 21.9. The van der Waals surface area contributed by atoms with Gasteiger partial charge in [-0.2, -0.15) is 0 Å². The van der Waals surface area contributed by atoms with E-state index in [1.165, 1.54) is 29.2 Å². The van der Waals surface area contributed by atoms with Crippen molar-refractivity contribution in [2.24, 2.45) is 0 Å². The molecule has 0 aliphatic rings. The van der Waals surface area contributed by atoms with Crippen molar-refractivity contribution in [2.75, 3.05) is 31.1 Å². The number of halogens is 4. The number of hydrogen-bond acceptors (Lipinski definition) is 4. The van der Waals surface area contributed by atoms with E-state index in [1.807, 2.05) is 13.8 Å². The highest BCUT2D eigenvalue weighted by Crippen LogP contribution is 2.32. The minimum atomic E-state index is -0.760. The van der Waals surface area contributed by atoms with Gasteiger partial charge < -0.3 is 4.90 Å². The summed E-state index contributed by atoms with van der Waals surface area (Å²) >= 11 is 13.2. The number of carbonyl (C=O) groups is 1. The van der Waals surface area contributed by atoms with E-state index < -0.39 is 11.6 Å². The van der Waals surface area contributed by atoms with E-state index in [-0.39, 0.29) is 16.6 Å². The molecular formula is C20H19Cl2F2N3OS. The highest BCUT2D eigenvalue weighted by molar-refractivity contribution is 7.22. The predicted molar refractivity (Wildman–Crippen MR) is 115 cm³/mol. The maximum absolute atomic E-state index is 14.1. The van der Waals surface area contributed by atoms with Crippen molar-refractivity contribution in [1.82, 2.24) is 9.88 Å². The summed E-state index contributed by atoms with van der Waals surface area (Å²) < 4.78 is 28.1. The molecule has 0 fully saturated rings. The Balaban J connectivity index is 2.02. The van der Waals surface area contributed by atoms with Crippen LogP contribution in [0.15, 0.2) is 30.3 Å². The van der Waals surface area contributed by atoms with E-state index in [0.29, 0.717) is 33.4 Å². The molecule has 0 saturated carbocycles. The SMILES string of the molecule is CCN(CC)CCN(C(=O)c1cc(Cl)cc(Cl)c1)c1nc2c(F)cc(F)cc2s1. The summed E-state index contributed by atoms with van der Waals surface area (Å²) in [6.45, 7) is 6.63. The molecule has 29 heavy (non-hydrogen) atoms. The molecule has 1 aromatic heterocycles. The summed E-state index contributed by atoms with van der Waals surface area (Å²) in [5.74, 6) is -1.81. The molecule has 1 amide bonds. The number of anilines is 1. The smallest absolute Gasteiger partial charge is 0.260 e. The number of likely N-dealkylation sites (N-methyl/N-ethyl adjacent to an activating group) is 1. The van der Waals surface area contributed by atoms with Gasteiger partial charge in [-0.1, -0.05) is 48.4 Å². The second-order valence-corrected chi connectivity index (χ2v) is 8.25. The van der Waals surface area contributed by atoms with Crippen LogP contribution in [-0.2, 0) is 0 Å². The van der Waals surface area contributed by atoms with Gasteiger partial charge in [-0.05, 0) is 37.4 Å². The van der Waals surface area contributed by atoms with Gasteiger partial charge in [0.25, 0.3) is 5.91 Å². The molecule has 0 aliphatic carbocycles. The topological polar surface area (TPSA) is 36.4 Å². The van der Waals surface area contributed by atoms with Crippen molar-refractivity contribution in [1.29, 1.82) is 0 Å². The molecule has 9 heteroatoms. The van der Waals surface area contributed by atoms with Crippen LogP contribution in [0.2, 0.25) is 10.0 Å². The molecule has 0 unspecified atom stereocenters. The van der Waals surface area contributed by atoms with Crippen molar-refractivity contribution >= 4 is 55.8 Å². The van der Waals surface area contributed by atoms with Crippen LogP contribution in [0.1, 0.15) is 24.2 Å². The van der Waals surface area contributed by atoms with E-state index in [4.69, 9.17) is 23.2 Å². The van der Waals surface area contributed by atoms with Crippen molar-refractivity contribution in [3.63, 3.8) is 0 Å². The van der Waals surface area contributed by atoms with Gasteiger partial charge in [0.15, 0.2) is 10.9 Å². The van der Waals surface area contributed by atoms with E-state index in [1.54, 1.807) is 0 Å². The summed E-state index contributed by atoms with van der Waals surface area (Å²) in [6, 6.07) is 6.57. The molecule has 1 heterocycles. The van der Waals surface area contributed by atoms with Gasteiger partial charge in [0.1, 0.15) is 11.3 Å². The quantitative estimate of drug-likeness (QED) is 0.445. The molecule has 154 valence electrons. The Hall–Kier alpha value is -1.80. The number of benzene rings is 2. The minimum absolute atomic E-state index is 0.0381. The average Bonchev–Trinajstić information content (AvgIpc) is 3.08. The van der Waals surface area contributed by atoms with Crippen molar-refractivity contribution < 1.29 is 13.6 Å². The molecule has 0 bridgehead atoms. The van der Waals surface area contributed by atoms with Crippen LogP contribution in [0.4, 0.5) is 13.9 Å². The fourth-order valence-electron chi connectivity index (χ4n) is 2.96. The van der Waals surface area contributed by atoms with Crippen LogP contribution in [0.5, 0.6) is 0 Å². The molecule has 0 saturated heterocycles. The Morgan fingerprint density at radius 1 is 1.03 bits per heavy atom. The van der Waals surface area contributed by atoms with Crippen LogP contribution in [-0.4, -0.2) is 42.0 Å². The number of fused-ring (bicyclic) bond motifs is 1. The molecule has 2 aromatic carbocycles. The monoisotopic (exact) mass is 457 g/mol. The molecular weight excluding hydrogens is 439 g/mol. The Morgan fingerprint density at radius 3 is 2.31 bits per heavy atom. The number of rotatable bonds is 7. The zero-order chi connectivity index (χ0) is 21.1. The third kappa shape index (κ3) is 5.04. The van der Waals surface area contributed by atoms with E-state index >= 15 is 0 Å². The Labute approximate surface area is 181 Å². The predicted octanol–water partition coefficient (Wildman–Crippen LogP) is 5.87. The normalized spacial score (nSPS) is 11.4. The van der Waals surface area contributed by atoms with Crippen LogP contribution in [0, 0.1) is 11.6 Å². The summed E-state index contributed by atoms with van der Waals surface area (Å²) in [4.78, 5) is 21.1. The molecule has 0 spiro atoms. The van der Waals surface area contributed by atoms with Gasteiger partial charge in [0, 0.05) is 34.8 Å². The highest BCUT2D eigenvalue weighted by atomic mass is 35.5. The first-order valence-electron chi connectivity index (χ1n) is 9.08. The lowest BCUT2D eigenvalue weighted by Crippen LogP contribution is -2.38. The van der Waals surface area contributed by atoms with Crippen LogP contribution >= 0.6 is 34.5 Å². The van der Waals surface area contributed by atoms with E-state index in [0.717, 1.165) is 30.5 Å². The molecule has 0 atom stereocenters. The Morgan fingerprint density at radius 2 is 1.69 bits per heavy atom. The van der Waals surface area contributed by atoms with Gasteiger partial charge in [-0.25, -0.2) is 13.8 Å². The standard InChI is InChI=1S/C20H19Cl2F2N3OS/c1-3-26(4-2)5-6-27(19(28)12-7-13(21)9-14(22)8-12)20-25-18-16(24)10-15(23)11-17(18)29-20/h7-11H,3-6H2,1-2H3. The number of thiazole rings is 1. The zero-order valence-corrected chi connectivity index (χ0v) is 18.2. The zero-order valence-electron chi connectivity index (χ0n) is 15.9. The fraction of sp³-hybridized carbons (Fsp3) is 0.300. The number of nitrogens with zero attached hydrogens (tertiary/aromatic N) is 3. The maximum Gasteiger partial charge on any atom is 0.260 e. The third-order valence-corrected chi connectivity index (χ3v) is 5.98. The average molecular weight is 458 g/mol. The lowest BCUT2D eigenvalue weighted by molar-refractivity contribution is 0.0983. The van der Waals surface area contributed by atoms with Gasteiger partial charge in [-0.15, -0.1) is 0 Å².